The summed E-state index contributed by atoms with van der Waals surface area (Å²) in [6.45, 7) is 5.97. The molecule has 0 saturated heterocycles. The predicted molar refractivity (Wildman–Crippen MR) is 76.7 cm³/mol. The minimum Gasteiger partial charge on any atom is -0.312 e. The molecule has 1 aromatic carbocycles. The van der Waals surface area contributed by atoms with Gasteiger partial charge in [-0.1, -0.05) is 45.0 Å². The summed E-state index contributed by atoms with van der Waals surface area (Å²) in [5.41, 5.74) is 2.30. The summed E-state index contributed by atoms with van der Waals surface area (Å²) >= 11 is 0. The molecule has 3 nitrogen and oxygen atoms in total. The van der Waals surface area contributed by atoms with Gasteiger partial charge in [0.05, 0.1) is 5.75 Å². The molecule has 0 radical (unpaired) electrons. The minimum atomic E-state index is -2.97. The van der Waals surface area contributed by atoms with Crippen LogP contribution in [0.15, 0.2) is 24.3 Å². The summed E-state index contributed by atoms with van der Waals surface area (Å²) in [6, 6.07) is 8.05. The topological polar surface area (TPSA) is 46.2 Å². The van der Waals surface area contributed by atoms with Crippen molar-refractivity contribution >= 4 is 9.84 Å². The van der Waals surface area contributed by atoms with Gasteiger partial charge in [-0.3, -0.25) is 0 Å². The summed E-state index contributed by atoms with van der Waals surface area (Å²) in [6.07, 6.45) is 0. The first kappa shape index (κ1) is 15.2. The smallest absolute Gasteiger partial charge is 0.151 e. The zero-order chi connectivity index (χ0) is 13.8. The van der Waals surface area contributed by atoms with E-state index in [2.05, 4.69) is 31.3 Å². The van der Waals surface area contributed by atoms with Crippen molar-refractivity contribution in [2.75, 3.05) is 18.6 Å². The third kappa shape index (κ3) is 4.10. The zero-order valence-electron chi connectivity index (χ0n) is 11.6. The van der Waals surface area contributed by atoms with Gasteiger partial charge in [0.2, 0.25) is 0 Å². The van der Waals surface area contributed by atoms with Crippen molar-refractivity contribution in [1.82, 2.24) is 5.32 Å². The van der Waals surface area contributed by atoms with Gasteiger partial charge < -0.3 is 5.32 Å². The largest absolute Gasteiger partial charge is 0.312 e. The molecule has 0 fully saturated rings. The van der Waals surface area contributed by atoms with E-state index in [1.165, 1.54) is 5.56 Å². The molecule has 1 unspecified atom stereocenters. The fraction of sp³-hybridized carbons (Fsp3) is 0.571. The second kappa shape index (κ2) is 6.34. The zero-order valence-corrected chi connectivity index (χ0v) is 12.4. The molecule has 0 spiro atoms. The third-order valence-corrected chi connectivity index (χ3v) is 4.94. The molecule has 0 aliphatic heterocycles. The van der Waals surface area contributed by atoms with Crippen molar-refractivity contribution < 1.29 is 8.42 Å². The summed E-state index contributed by atoms with van der Waals surface area (Å²) in [7, 11) is -1.17. The predicted octanol–water partition coefficient (Wildman–Crippen LogP) is 2.51. The van der Waals surface area contributed by atoms with Crippen LogP contribution in [0, 0.1) is 0 Å². The van der Waals surface area contributed by atoms with Crippen LogP contribution >= 0.6 is 0 Å². The summed E-state index contributed by atoms with van der Waals surface area (Å²) in [5, 5.41) is 3.08. The Hall–Kier alpha value is -0.870. The molecule has 0 aliphatic carbocycles. The molecule has 1 rings (SSSR count). The number of sulfone groups is 1. The van der Waals surface area contributed by atoms with Crippen molar-refractivity contribution in [2.45, 2.75) is 32.7 Å². The monoisotopic (exact) mass is 269 g/mol. The highest BCUT2D eigenvalue weighted by atomic mass is 32.2. The summed E-state index contributed by atoms with van der Waals surface area (Å²) in [5.74, 6) is 0.836. The van der Waals surface area contributed by atoms with Crippen LogP contribution in [0.2, 0.25) is 0 Å². The van der Waals surface area contributed by atoms with Crippen molar-refractivity contribution in [2.24, 2.45) is 0 Å². The van der Waals surface area contributed by atoms with Crippen LogP contribution in [0.5, 0.6) is 0 Å². The van der Waals surface area contributed by atoms with Crippen LogP contribution in [0.3, 0.4) is 0 Å². The lowest BCUT2D eigenvalue weighted by Gasteiger charge is -2.17. The average molecular weight is 269 g/mol. The van der Waals surface area contributed by atoms with Crippen molar-refractivity contribution in [1.29, 1.82) is 0 Å². The molecule has 0 amide bonds. The van der Waals surface area contributed by atoms with Crippen LogP contribution < -0.4 is 5.32 Å². The van der Waals surface area contributed by atoms with Gasteiger partial charge >= 0.3 is 0 Å². The van der Waals surface area contributed by atoms with Crippen LogP contribution in [-0.2, 0) is 9.84 Å². The van der Waals surface area contributed by atoms with Gasteiger partial charge in [0.15, 0.2) is 9.84 Å². The van der Waals surface area contributed by atoms with Crippen molar-refractivity contribution in [3.63, 3.8) is 0 Å². The molecule has 0 aliphatic rings. The molecule has 102 valence electrons. The highest BCUT2D eigenvalue weighted by Crippen LogP contribution is 2.19. The van der Waals surface area contributed by atoms with Gasteiger partial charge in [-0.25, -0.2) is 8.42 Å². The van der Waals surface area contributed by atoms with E-state index >= 15 is 0 Å². The first-order chi connectivity index (χ1) is 8.39. The highest BCUT2D eigenvalue weighted by Gasteiger charge is 2.17. The van der Waals surface area contributed by atoms with E-state index in [9.17, 15) is 8.42 Å². The van der Waals surface area contributed by atoms with Crippen molar-refractivity contribution in [3.8, 4) is 0 Å². The minimum absolute atomic E-state index is 0.129. The third-order valence-electron chi connectivity index (χ3n) is 3.21. The number of rotatable bonds is 6. The van der Waals surface area contributed by atoms with E-state index in [-0.39, 0.29) is 17.5 Å². The Morgan fingerprint density at radius 1 is 1.11 bits per heavy atom. The first-order valence-corrected chi connectivity index (χ1v) is 8.19. The molecule has 1 atom stereocenters. The lowest BCUT2D eigenvalue weighted by Crippen LogP contribution is -2.26. The first-order valence-electron chi connectivity index (χ1n) is 6.37. The maximum atomic E-state index is 11.7. The molecule has 0 heterocycles. The van der Waals surface area contributed by atoms with Gasteiger partial charge in [-0.2, -0.15) is 0 Å². The van der Waals surface area contributed by atoms with Gasteiger partial charge in [0.1, 0.15) is 0 Å². The fourth-order valence-electron chi connectivity index (χ4n) is 1.83. The Labute approximate surface area is 111 Å². The van der Waals surface area contributed by atoms with E-state index in [1.54, 1.807) is 14.0 Å². The second-order valence-electron chi connectivity index (χ2n) is 4.86. The molecular weight excluding hydrogens is 246 g/mol. The molecule has 0 aromatic heterocycles. The molecule has 4 heteroatoms. The van der Waals surface area contributed by atoms with E-state index in [1.807, 2.05) is 12.1 Å². The summed E-state index contributed by atoms with van der Waals surface area (Å²) < 4.78 is 23.4. The Morgan fingerprint density at radius 2 is 1.61 bits per heavy atom. The Kier molecular flexibility index (Phi) is 5.35. The van der Waals surface area contributed by atoms with Crippen LogP contribution in [0.4, 0.5) is 0 Å². The highest BCUT2D eigenvalue weighted by molar-refractivity contribution is 7.91. The van der Waals surface area contributed by atoms with E-state index in [0.717, 1.165) is 5.56 Å². The standard InChI is InChI=1S/C14H23NO2S/c1-5-18(16,17)10-14(15-4)13-8-6-12(7-9-13)11(2)3/h6-9,11,14-15H,5,10H2,1-4H3. The van der Waals surface area contributed by atoms with Gasteiger partial charge in [-0.05, 0) is 24.1 Å². The normalized spacial score (nSPS) is 13.8. The molecule has 0 bridgehead atoms. The molecule has 18 heavy (non-hydrogen) atoms. The molecule has 1 aromatic rings. The Bertz CT molecular complexity index is 463. The fourth-order valence-corrected chi connectivity index (χ4v) is 2.93. The molecular formula is C14H23NO2S. The average Bonchev–Trinajstić information content (AvgIpc) is 2.36. The Morgan fingerprint density at radius 3 is 2.00 bits per heavy atom. The second-order valence-corrected chi connectivity index (χ2v) is 7.26. The van der Waals surface area contributed by atoms with Gasteiger partial charge in [0, 0.05) is 11.8 Å². The number of hydrogen-bond donors (Lipinski definition) is 1. The lowest BCUT2D eigenvalue weighted by molar-refractivity contribution is 0.575. The SMILES string of the molecule is CCS(=O)(=O)CC(NC)c1ccc(C(C)C)cc1. The van der Waals surface area contributed by atoms with Crippen LogP contribution in [0.25, 0.3) is 0 Å². The van der Waals surface area contributed by atoms with Crippen LogP contribution in [0.1, 0.15) is 43.9 Å². The number of nitrogens with one attached hydrogen (secondary N) is 1. The van der Waals surface area contributed by atoms with E-state index in [0.29, 0.717) is 5.92 Å². The van der Waals surface area contributed by atoms with E-state index < -0.39 is 9.84 Å². The van der Waals surface area contributed by atoms with Crippen LogP contribution in [-0.4, -0.2) is 27.0 Å². The Balaban J connectivity index is 2.89. The quantitative estimate of drug-likeness (QED) is 0.863. The molecule has 0 saturated carbocycles. The van der Waals surface area contributed by atoms with Gasteiger partial charge in [-0.15, -0.1) is 0 Å². The van der Waals surface area contributed by atoms with E-state index in [4.69, 9.17) is 0 Å². The number of benzene rings is 1. The lowest BCUT2D eigenvalue weighted by atomic mass is 10.00. The molecule has 1 N–H and O–H groups in total. The van der Waals surface area contributed by atoms with Crippen molar-refractivity contribution in [3.05, 3.63) is 35.4 Å². The number of hydrogen-bond acceptors (Lipinski definition) is 3. The maximum Gasteiger partial charge on any atom is 0.151 e. The van der Waals surface area contributed by atoms with Gasteiger partial charge in [0.25, 0.3) is 0 Å². The summed E-state index contributed by atoms with van der Waals surface area (Å²) in [4.78, 5) is 0. The maximum absolute atomic E-state index is 11.7.